The van der Waals surface area contributed by atoms with Gasteiger partial charge in [-0.1, -0.05) is 23.7 Å². The molecule has 2 aromatic carbocycles. The van der Waals surface area contributed by atoms with Gasteiger partial charge >= 0.3 is 12.4 Å². The molecule has 4 rings (SSSR count). The fraction of sp³-hybridized carbons (Fsp3) is 0.0526. The predicted molar refractivity (Wildman–Crippen MR) is 107 cm³/mol. The molecule has 0 radical (unpaired) electrons. The van der Waals surface area contributed by atoms with Gasteiger partial charge in [0.1, 0.15) is 17.8 Å². The molecule has 2 amide bonds. The standard InChI is InChI=1S/C19H10ClF4N5O4/c20-9-5-11-12(6-10(9)21)26-17(25-11)28-16(31)13-7-32-18(27-13)29-15(30)8-3-1-2-4-14(8)33-19(22,23)24/h1-7H,(H,27,29,30)(H2,25,26,28,31). The number of H-pyrrole nitrogens is 1. The molecule has 4 aromatic rings. The summed E-state index contributed by atoms with van der Waals surface area (Å²) in [5, 5.41) is 4.35. The molecule has 0 bridgehead atoms. The number of amides is 2. The van der Waals surface area contributed by atoms with Crippen LogP contribution in [0.2, 0.25) is 5.02 Å². The number of fused-ring (bicyclic) bond motifs is 1. The van der Waals surface area contributed by atoms with Crippen LogP contribution in [0, 0.1) is 5.82 Å². The van der Waals surface area contributed by atoms with Gasteiger partial charge in [0.15, 0.2) is 5.69 Å². The van der Waals surface area contributed by atoms with Crippen molar-refractivity contribution in [2.24, 2.45) is 0 Å². The molecule has 0 saturated carbocycles. The van der Waals surface area contributed by atoms with Crippen LogP contribution in [-0.4, -0.2) is 33.1 Å². The number of halogens is 5. The minimum Gasteiger partial charge on any atom is -0.431 e. The molecule has 0 aliphatic heterocycles. The average molecular weight is 484 g/mol. The first-order valence-electron chi connectivity index (χ1n) is 8.87. The number of carbonyl (C=O) groups is 2. The highest BCUT2D eigenvalue weighted by Crippen LogP contribution is 2.27. The second-order valence-electron chi connectivity index (χ2n) is 6.36. The van der Waals surface area contributed by atoms with Crippen LogP contribution in [0.1, 0.15) is 20.8 Å². The maximum Gasteiger partial charge on any atom is 0.573 e. The smallest absolute Gasteiger partial charge is 0.431 e. The highest BCUT2D eigenvalue weighted by Gasteiger charge is 2.33. The number of imidazole rings is 1. The molecule has 33 heavy (non-hydrogen) atoms. The Kier molecular flexibility index (Phi) is 5.64. The van der Waals surface area contributed by atoms with Gasteiger partial charge in [-0.2, -0.15) is 4.98 Å². The zero-order valence-electron chi connectivity index (χ0n) is 16.0. The third kappa shape index (κ3) is 5.03. The number of aromatic nitrogens is 3. The Bertz CT molecular complexity index is 1330. The zero-order valence-corrected chi connectivity index (χ0v) is 16.7. The van der Waals surface area contributed by atoms with Gasteiger partial charge < -0.3 is 14.1 Å². The monoisotopic (exact) mass is 483 g/mol. The first-order valence-corrected chi connectivity index (χ1v) is 9.24. The van der Waals surface area contributed by atoms with Gasteiger partial charge in [-0.05, 0) is 18.2 Å². The summed E-state index contributed by atoms with van der Waals surface area (Å²) in [5.41, 5.74) is -0.147. The highest BCUT2D eigenvalue weighted by molar-refractivity contribution is 6.31. The minimum atomic E-state index is -5.00. The number of alkyl halides is 3. The Balaban J connectivity index is 1.46. The van der Waals surface area contributed by atoms with Crippen molar-refractivity contribution in [3.05, 3.63) is 64.8 Å². The number of nitrogens with one attached hydrogen (secondary N) is 3. The molecule has 0 fully saturated rings. The Morgan fingerprint density at radius 2 is 1.85 bits per heavy atom. The van der Waals surface area contributed by atoms with Gasteiger partial charge in [0, 0.05) is 6.07 Å². The van der Waals surface area contributed by atoms with E-state index in [-0.39, 0.29) is 22.2 Å². The van der Waals surface area contributed by atoms with Crippen LogP contribution < -0.4 is 15.4 Å². The molecule has 0 atom stereocenters. The first kappa shape index (κ1) is 22.1. The summed E-state index contributed by atoms with van der Waals surface area (Å²) in [6.45, 7) is 0. The predicted octanol–water partition coefficient (Wildman–Crippen LogP) is 4.75. The van der Waals surface area contributed by atoms with Crippen LogP contribution in [0.5, 0.6) is 5.75 Å². The molecular formula is C19H10ClF4N5O4. The van der Waals surface area contributed by atoms with E-state index in [1.54, 1.807) is 0 Å². The van der Waals surface area contributed by atoms with Crippen LogP contribution in [0.15, 0.2) is 47.1 Å². The second-order valence-corrected chi connectivity index (χ2v) is 6.77. The van der Waals surface area contributed by atoms with Crippen LogP contribution in [0.3, 0.4) is 0 Å². The third-order valence-corrected chi connectivity index (χ3v) is 4.36. The zero-order chi connectivity index (χ0) is 23.8. The molecule has 14 heteroatoms. The van der Waals surface area contributed by atoms with Crippen molar-refractivity contribution in [2.75, 3.05) is 10.6 Å². The number of aromatic amines is 1. The van der Waals surface area contributed by atoms with Crippen molar-refractivity contribution >= 4 is 46.4 Å². The van der Waals surface area contributed by atoms with Gasteiger partial charge in [-0.3, -0.25) is 20.2 Å². The lowest BCUT2D eigenvalue weighted by Gasteiger charge is -2.12. The number of hydrogen-bond acceptors (Lipinski definition) is 6. The number of benzene rings is 2. The highest BCUT2D eigenvalue weighted by atomic mass is 35.5. The van der Waals surface area contributed by atoms with E-state index in [0.29, 0.717) is 5.52 Å². The van der Waals surface area contributed by atoms with Crippen molar-refractivity contribution < 1.29 is 36.3 Å². The van der Waals surface area contributed by atoms with E-state index in [4.69, 9.17) is 16.0 Å². The quantitative estimate of drug-likeness (QED) is 0.352. The van der Waals surface area contributed by atoms with Gasteiger partial charge in [0.25, 0.3) is 11.8 Å². The topological polar surface area (TPSA) is 122 Å². The lowest BCUT2D eigenvalue weighted by atomic mass is 10.2. The SMILES string of the molecule is O=C(Nc1nc2cc(Cl)c(F)cc2[nH]1)c1coc(NC(=O)c2ccccc2OC(F)(F)F)n1. The minimum absolute atomic E-state index is 0.0384. The van der Waals surface area contributed by atoms with Gasteiger partial charge in [-0.25, -0.2) is 9.37 Å². The summed E-state index contributed by atoms with van der Waals surface area (Å²) < 4.78 is 59.9. The molecule has 3 N–H and O–H groups in total. The Hall–Kier alpha value is -4.13. The summed E-state index contributed by atoms with van der Waals surface area (Å²) in [6.07, 6.45) is -4.10. The van der Waals surface area contributed by atoms with Crippen LogP contribution in [0.4, 0.5) is 29.5 Å². The molecular weight excluding hydrogens is 474 g/mol. The molecule has 2 aromatic heterocycles. The number of oxazole rings is 1. The molecule has 0 aliphatic rings. The van der Waals surface area contributed by atoms with E-state index in [1.165, 1.54) is 18.2 Å². The number of rotatable bonds is 5. The Morgan fingerprint density at radius 3 is 2.61 bits per heavy atom. The Labute approximate surface area is 185 Å². The van der Waals surface area contributed by atoms with Crippen molar-refractivity contribution in [3.8, 4) is 5.75 Å². The third-order valence-electron chi connectivity index (χ3n) is 4.07. The van der Waals surface area contributed by atoms with E-state index in [0.717, 1.165) is 24.5 Å². The lowest BCUT2D eigenvalue weighted by Crippen LogP contribution is -2.21. The number of hydrogen-bond donors (Lipinski definition) is 3. The first-order chi connectivity index (χ1) is 15.6. The second kappa shape index (κ2) is 8.43. The Morgan fingerprint density at radius 1 is 1.09 bits per heavy atom. The molecule has 0 spiro atoms. The largest absolute Gasteiger partial charge is 0.573 e. The summed E-state index contributed by atoms with van der Waals surface area (Å²) in [5.74, 6) is -3.26. The van der Waals surface area contributed by atoms with E-state index in [2.05, 4.69) is 30.3 Å². The summed E-state index contributed by atoms with van der Waals surface area (Å²) in [6, 6.07) is 6.57. The van der Waals surface area contributed by atoms with Crippen molar-refractivity contribution in [1.82, 2.24) is 15.0 Å². The number of para-hydroxylation sites is 1. The molecule has 0 saturated heterocycles. The van der Waals surface area contributed by atoms with E-state index < -0.39 is 41.3 Å². The van der Waals surface area contributed by atoms with E-state index in [1.807, 2.05) is 0 Å². The van der Waals surface area contributed by atoms with Crippen molar-refractivity contribution in [1.29, 1.82) is 0 Å². The van der Waals surface area contributed by atoms with Crippen molar-refractivity contribution in [2.45, 2.75) is 6.36 Å². The van der Waals surface area contributed by atoms with E-state index >= 15 is 0 Å². The number of carbonyl (C=O) groups excluding carboxylic acids is 2. The van der Waals surface area contributed by atoms with Crippen LogP contribution in [0.25, 0.3) is 11.0 Å². The fourth-order valence-corrected chi connectivity index (χ4v) is 2.86. The maximum absolute atomic E-state index is 13.5. The van der Waals surface area contributed by atoms with E-state index in [9.17, 15) is 27.2 Å². The molecule has 9 nitrogen and oxygen atoms in total. The summed E-state index contributed by atoms with van der Waals surface area (Å²) in [4.78, 5) is 35.2. The van der Waals surface area contributed by atoms with Gasteiger partial charge in [0.05, 0.1) is 21.6 Å². The number of nitrogens with zero attached hydrogens (tertiary/aromatic N) is 2. The number of anilines is 2. The van der Waals surface area contributed by atoms with Crippen molar-refractivity contribution in [3.63, 3.8) is 0 Å². The summed E-state index contributed by atoms with van der Waals surface area (Å²) >= 11 is 5.69. The normalized spacial score (nSPS) is 11.4. The van der Waals surface area contributed by atoms with Crippen LogP contribution in [-0.2, 0) is 0 Å². The molecule has 170 valence electrons. The van der Waals surface area contributed by atoms with Gasteiger partial charge in [-0.15, -0.1) is 13.2 Å². The maximum atomic E-state index is 13.5. The molecule has 0 aliphatic carbocycles. The molecule has 2 heterocycles. The lowest BCUT2D eigenvalue weighted by molar-refractivity contribution is -0.274. The average Bonchev–Trinajstić information content (AvgIpc) is 3.34. The fourth-order valence-electron chi connectivity index (χ4n) is 2.70. The summed E-state index contributed by atoms with van der Waals surface area (Å²) in [7, 11) is 0. The molecule has 0 unspecified atom stereocenters. The number of ether oxygens (including phenoxy) is 1. The van der Waals surface area contributed by atoms with Gasteiger partial charge in [0.2, 0.25) is 5.95 Å². The van der Waals surface area contributed by atoms with Crippen LogP contribution >= 0.6 is 11.6 Å².